The number of hydrogen-bond donors (Lipinski definition) is 1. The van der Waals surface area contributed by atoms with Gasteiger partial charge in [-0.1, -0.05) is 12.1 Å². The van der Waals surface area contributed by atoms with Crippen molar-refractivity contribution in [2.45, 2.75) is 19.9 Å². The number of pyridine rings is 2. The zero-order valence-corrected chi connectivity index (χ0v) is 16.4. The number of fused-ring (bicyclic) bond motifs is 4. The molecular formula is C24H20N2O3. The first kappa shape index (κ1) is 17.5. The molecular weight excluding hydrogens is 364 g/mol. The van der Waals surface area contributed by atoms with E-state index in [0.717, 1.165) is 11.0 Å². The lowest BCUT2D eigenvalue weighted by molar-refractivity contribution is 0.415. The Labute approximate surface area is 166 Å². The van der Waals surface area contributed by atoms with Crippen molar-refractivity contribution in [3.05, 3.63) is 75.0 Å². The molecule has 5 rings (SSSR count). The zero-order chi connectivity index (χ0) is 20.3. The van der Waals surface area contributed by atoms with Crippen LogP contribution in [0.4, 0.5) is 0 Å². The molecule has 0 bridgehead atoms. The third-order valence-electron chi connectivity index (χ3n) is 5.55. The Morgan fingerprint density at radius 2 is 1.52 bits per heavy atom. The number of hydrogen-bond acceptors (Lipinski definition) is 3. The number of ether oxygens (including phenoxy) is 1. The first-order chi connectivity index (χ1) is 14.0. The molecule has 0 atom stereocenters. The van der Waals surface area contributed by atoms with Gasteiger partial charge in [-0.15, -0.1) is 0 Å². The first-order valence-corrected chi connectivity index (χ1v) is 9.60. The Hall–Kier alpha value is -3.60. The largest absolute Gasteiger partial charge is 0.497 e. The van der Waals surface area contributed by atoms with Crippen molar-refractivity contribution < 1.29 is 4.74 Å². The SMILES string of the molecule is COc1ccc2[nH]c3cc4c(=O)c5ccccc5n(C(C)C)c4cc3c(=O)c2c1. The summed E-state index contributed by atoms with van der Waals surface area (Å²) in [6.45, 7) is 4.16. The predicted octanol–water partition coefficient (Wildman–Crippen LogP) is 4.74. The molecule has 2 aromatic heterocycles. The van der Waals surface area contributed by atoms with Gasteiger partial charge in [0, 0.05) is 27.6 Å². The van der Waals surface area contributed by atoms with Crippen LogP contribution in [0.15, 0.2) is 64.2 Å². The Kier molecular flexibility index (Phi) is 3.74. The van der Waals surface area contributed by atoms with Crippen LogP contribution in [-0.4, -0.2) is 16.7 Å². The zero-order valence-electron chi connectivity index (χ0n) is 16.4. The van der Waals surface area contributed by atoms with Crippen LogP contribution < -0.4 is 15.6 Å². The van der Waals surface area contributed by atoms with Gasteiger partial charge in [-0.2, -0.15) is 0 Å². The molecule has 0 fully saturated rings. The Morgan fingerprint density at radius 1 is 0.793 bits per heavy atom. The van der Waals surface area contributed by atoms with E-state index in [1.807, 2.05) is 48.5 Å². The lowest BCUT2D eigenvalue weighted by atomic mass is 10.0. The van der Waals surface area contributed by atoms with E-state index >= 15 is 0 Å². The quantitative estimate of drug-likeness (QED) is 0.447. The van der Waals surface area contributed by atoms with Crippen LogP contribution in [0.2, 0.25) is 0 Å². The van der Waals surface area contributed by atoms with Gasteiger partial charge in [0.2, 0.25) is 0 Å². The molecule has 2 heterocycles. The number of aromatic amines is 1. The summed E-state index contributed by atoms with van der Waals surface area (Å²) >= 11 is 0. The fourth-order valence-corrected chi connectivity index (χ4v) is 4.20. The highest BCUT2D eigenvalue weighted by Crippen LogP contribution is 2.27. The van der Waals surface area contributed by atoms with Crippen molar-refractivity contribution >= 4 is 43.6 Å². The van der Waals surface area contributed by atoms with Crippen LogP contribution in [0, 0.1) is 0 Å². The van der Waals surface area contributed by atoms with Crippen molar-refractivity contribution in [1.29, 1.82) is 0 Å². The van der Waals surface area contributed by atoms with Gasteiger partial charge in [-0.25, -0.2) is 0 Å². The maximum atomic E-state index is 13.3. The number of para-hydroxylation sites is 1. The molecule has 0 amide bonds. The van der Waals surface area contributed by atoms with Gasteiger partial charge >= 0.3 is 0 Å². The molecule has 5 nitrogen and oxygen atoms in total. The topological polar surface area (TPSA) is 64.1 Å². The molecule has 5 aromatic rings. The van der Waals surface area contributed by atoms with E-state index in [-0.39, 0.29) is 16.9 Å². The Balaban J connectivity index is 2.03. The minimum absolute atomic E-state index is 0.0231. The predicted molar refractivity (Wildman–Crippen MR) is 118 cm³/mol. The second-order valence-electron chi connectivity index (χ2n) is 7.59. The Morgan fingerprint density at radius 3 is 2.28 bits per heavy atom. The lowest BCUT2D eigenvalue weighted by Gasteiger charge is -2.19. The third-order valence-corrected chi connectivity index (χ3v) is 5.55. The van der Waals surface area contributed by atoms with Gasteiger partial charge in [0.25, 0.3) is 0 Å². The van der Waals surface area contributed by atoms with Crippen molar-refractivity contribution in [1.82, 2.24) is 9.55 Å². The number of nitrogens with one attached hydrogen (secondary N) is 1. The van der Waals surface area contributed by atoms with Gasteiger partial charge in [0.1, 0.15) is 5.75 Å². The minimum Gasteiger partial charge on any atom is -0.497 e. The number of H-pyrrole nitrogens is 1. The van der Waals surface area contributed by atoms with Crippen molar-refractivity contribution in [2.24, 2.45) is 0 Å². The van der Waals surface area contributed by atoms with Crippen LogP contribution in [-0.2, 0) is 0 Å². The second-order valence-corrected chi connectivity index (χ2v) is 7.59. The summed E-state index contributed by atoms with van der Waals surface area (Å²) < 4.78 is 7.40. The standard InChI is InChI=1S/C24H20N2O3/c1-13(2)26-21-7-5-4-6-15(21)23(27)18-11-20-17(12-22(18)26)24(28)16-10-14(29-3)8-9-19(16)25-20/h4-13H,1-3H3,(H,25,28). The van der Waals surface area contributed by atoms with Gasteiger partial charge in [0.05, 0.1) is 29.2 Å². The minimum atomic E-state index is -0.0783. The lowest BCUT2D eigenvalue weighted by Crippen LogP contribution is -2.14. The van der Waals surface area contributed by atoms with Gasteiger partial charge < -0.3 is 14.3 Å². The average Bonchev–Trinajstić information content (AvgIpc) is 2.73. The molecule has 0 aliphatic carbocycles. The van der Waals surface area contributed by atoms with Crippen molar-refractivity contribution in [3.63, 3.8) is 0 Å². The molecule has 3 aromatic carbocycles. The summed E-state index contributed by atoms with van der Waals surface area (Å²) in [7, 11) is 1.58. The van der Waals surface area contributed by atoms with Crippen LogP contribution in [0.3, 0.4) is 0 Å². The van der Waals surface area contributed by atoms with E-state index in [1.54, 1.807) is 13.2 Å². The molecule has 0 spiro atoms. The molecule has 0 aliphatic rings. The van der Waals surface area contributed by atoms with Crippen LogP contribution in [0.5, 0.6) is 5.75 Å². The van der Waals surface area contributed by atoms with E-state index in [0.29, 0.717) is 38.3 Å². The highest BCUT2D eigenvalue weighted by Gasteiger charge is 2.15. The summed E-state index contributed by atoms with van der Waals surface area (Å²) in [6.07, 6.45) is 0. The number of nitrogens with zero attached hydrogens (tertiary/aromatic N) is 1. The maximum Gasteiger partial charge on any atom is 0.197 e. The van der Waals surface area contributed by atoms with E-state index in [2.05, 4.69) is 23.4 Å². The molecule has 29 heavy (non-hydrogen) atoms. The van der Waals surface area contributed by atoms with Crippen LogP contribution in [0.25, 0.3) is 43.6 Å². The highest BCUT2D eigenvalue weighted by molar-refractivity contribution is 6.03. The van der Waals surface area contributed by atoms with E-state index in [9.17, 15) is 9.59 Å². The second kappa shape index (κ2) is 6.21. The normalized spacial score (nSPS) is 11.9. The number of aromatic nitrogens is 2. The number of benzene rings is 3. The van der Waals surface area contributed by atoms with Gasteiger partial charge in [0.15, 0.2) is 10.9 Å². The van der Waals surface area contributed by atoms with E-state index < -0.39 is 0 Å². The van der Waals surface area contributed by atoms with Crippen LogP contribution in [0.1, 0.15) is 19.9 Å². The van der Waals surface area contributed by atoms with Gasteiger partial charge in [-0.3, -0.25) is 9.59 Å². The summed E-state index contributed by atoms with van der Waals surface area (Å²) in [5, 5.41) is 2.41. The molecule has 0 radical (unpaired) electrons. The molecule has 1 N–H and O–H groups in total. The molecule has 0 saturated carbocycles. The number of rotatable bonds is 2. The molecule has 0 unspecified atom stereocenters. The van der Waals surface area contributed by atoms with Crippen molar-refractivity contribution in [2.75, 3.05) is 7.11 Å². The third kappa shape index (κ3) is 2.47. The smallest absolute Gasteiger partial charge is 0.197 e. The highest BCUT2D eigenvalue weighted by atomic mass is 16.5. The Bertz CT molecular complexity index is 1560. The fraction of sp³-hybridized carbons (Fsp3) is 0.167. The maximum absolute atomic E-state index is 13.3. The molecule has 5 heteroatoms. The summed E-state index contributed by atoms with van der Waals surface area (Å²) in [5.74, 6) is 0.633. The van der Waals surface area contributed by atoms with Crippen molar-refractivity contribution in [3.8, 4) is 5.75 Å². The molecule has 0 aliphatic heterocycles. The monoisotopic (exact) mass is 384 g/mol. The fourth-order valence-electron chi connectivity index (χ4n) is 4.20. The molecule has 0 saturated heterocycles. The average molecular weight is 384 g/mol. The summed E-state index contributed by atoms with van der Waals surface area (Å²) in [6, 6.07) is 16.8. The van der Waals surface area contributed by atoms with Crippen LogP contribution >= 0.6 is 0 Å². The summed E-state index contributed by atoms with van der Waals surface area (Å²) in [5.41, 5.74) is 2.91. The van der Waals surface area contributed by atoms with E-state index in [4.69, 9.17) is 4.74 Å². The summed E-state index contributed by atoms with van der Waals surface area (Å²) in [4.78, 5) is 29.8. The van der Waals surface area contributed by atoms with E-state index in [1.165, 1.54) is 0 Å². The van der Waals surface area contributed by atoms with Gasteiger partial charge in [-0.05, 0) is 56.3 Å². The number of methoxy groups -OCH3 is 1. The first-order valence-electron chi connectivity index (χ1n) is 9.60. The molecule has 144 valence electrons.